The number of aryl methyl sites for hydroxylation is 1. The molecule has 0 bridgehead atoms. The van der Waals surface area contributed by atoms with Gasteiger partial charge in [0.15, 0.2) is 0 Å². The van der Waals surface area contributed by atoms with Gasteiger partial charge in [-0.05, 0) is 37.3 Å². The first-order valence-corrected chi connectivity index (χ1v) is 7.53. The second-order valence-electron chi connectivity index (χ2n) is 4.18. The normalized spacial score (nSPS) is 16.1. The first-order valence-electron chi connectivity index (χ1n) is 5.23. The predicted molar refractivity (Wildman–Crippen MR) is 63.9 cm³/mol. The number of sulfonamides is 1. The highest BCUT2D eigenvalue weighted by Crippen LogP contribution is 2.29. The van der Waals surface area contributed by atoms with Crippen LogP contribution in [0.4, 0.5) is 0 Å². The van der Waals surface area contributed by atoms with Crippen LogP contribution in [0.5, 0.6) is 0 Å². The number of hydrogen-bond acceptors (Lipinski definition) is 4. The molecule has 2 rings (SSSR count). The van der Waals surface area contributed by atoms with Crippen molar-refractivity contribution in [2.24, 2.45) is 5.92 Å². The zero-order valence-electron chi connectivity index (χ0n) is 9.26. The molecule has 7 heteroatoms. The van der Waals surface area contributed by atoms with E-state index in [1.807, 2.05) is 0 Å². The van der Waals surface area contributed by atoms with Crippen molar-refractivity contribution >= 4 is 27.3 Å². The Morgan fingerprint density at radius 3 is 2.71 bits per heavy atom. The molecular weight excluding hydrogens is 262 g/mol. The number of thiophene rings is 1. The average Bonchev–Trinajstić information content (AvgIpc) is 2.97. The van der Waals surface area contributed by atoms with Crippen LogP contribution in [0, 0.1) is 12.8 Å². The molecule has 0 aromatic carbocycles. The van der Waals surface area contributed by atoms with Crippen LogP contribution in [-0.4, -0.2) is 26.0 Å². The summed E-state index contributed by atoms with van der Waals surface area (Å²) in [6.07, 6.45) is 2.12. The molecular formula is C10H13NO4S2. The van der Waals surface area contributed by atoms with Crippen LogP contribution >= 0.6 is 11.3 Å². The van der Waals surface area contributed by atoms with Gasteiger partial charge in [-0.1, -0.05) is 0 Å². The van der Waals surface area contributed by atoms with Crippen LogP contribution in [0.1, 0.15) is 28.1 Å². The largest absolute Gasteiger partial charge is 0.477 e. The smallest absolute Gasteiger partial charge is 0.346 e. The van der Waals surface area contributed by atoms with E-state index in [0.29, 0.717) is 18.0 Å². The van der Waals surface area contributed by atoms with Crippen molar-refractivity contribution in [1.29, 1.82) is 0 Å². The molecule has 5 nitrogen and oxygen atoms in total. The molecule has 1 aromatic heterocycles. The van der Waals surface area contributed by atoms with E-state index in [-0.39, 0.29) is 9.09 Å². The number of hydrogen-bond donors (Lipinski definition) is 2. The molecule has 0 unspecified atom stereocenters. The Balaban J connectivity index is 2.19. The van der Waals surface area contributed by atoms with Crippen LogP contribution in [-0.2, 0) is 10.0 Å². The molecule has 1 saturated carbocycles. The molecule has 0 atom stereocenters. The van der Waals surface area contributed by atoms with Crippen molar-refractivity contribution in [1.82, 2.24) is 4.72 Å². The summed E-state index contributed by atoms with van der Waals surface area (Å²) >= 11 is 0.797. The highest BCUT2D eigenvalue weighted by atomic mass is 32.2. The van der Waals surface area contributed by atoms with Gasteiger partial charge in [0, 0.05) is 6.54 Å². The summed E-state index contributed by atoms with van der Waals surface area (Å²) in [6, 6.07) is 1.41. The van der Waals surface area contributed by atoms with E-state index >= 15 is 0 Å². The number of nitrogens with one attached hydrogen (secondary N) is 1. The predicted octanol–water partition coefficient (Wildman–Crippen LogP) is 1.44. The molecule has 0 spiro atoms. The highest BCUT2D eigenvalue weighted by molar-refractivity contribution is 7.91. The molecule has 94 valence electrons. The third-order valence-electron chi connectivity index (χ3n) is 2.61. The van der Waals surface area contributed by atoms with Gasteiger partial charge in [-0.15, -0.1) is 11.3 Å². The Kier molecular flexibility index (Phi) is 3.24. The lowest BCUT2D eigenvalue weighted by molar-refractivity contribution is 0.0701. The third kappa shape index (κ3) is 2.85. The van der Waals surface area contributed by atoms with Gasteiger partial charge < -0.3 is 5.11 Å². The van der Waals surface area contributed by atoms with Crippen LogP contribution in [0.3, 0.4) is 0 Å². The molecule has 0 amide bonds. The standard InChI is InChI=1S/C10H13NO4S2/c1-6-4-8(16-9(6)10(12)13)17(14,15)11-5-7-2-3-7/h4,7,11H,2-3,5H2,1H3,(H,12,13). The molecule has 2 N–H and O–H groups in total. The fraction of sp³-hybridized carbons (Fsp3) is 0.500. The van der Waals surface area contributed by atoms with Gasteiger partial charge in [-0.25, -0.2) is 17.9 Å². The first kappa shape index (κ1) is 12.5. The Labute approximate surface area is 104 Å². The summed E-state index contributed by atoms with van der Waals surface area (Å²) in [5.41, 5.74) is 0.481. The van der Waals surface area contributed by atoms with Crippen LogP contribution in [0.2, 0.25) is 0 Å². The third-order valence-corrected chi connectivity index (χ3v) is 5.74. The summed E-state index contributed by atoms with van der Waals surface area (Å²) < 4.78 is 26.3. The van der Waals surface area contributed by atoms with Gasteiger partial charge in [-0.3, -0.25) is 0 Å². The second kappa shape index (κ2) is 4.40. The lowest BCUT2D eigenvalue weighted by Crippen LogP contribution is -2.25. The van der Waals surface area contributed by atoms with E-state index in [0.717, 1.165) is 24.2 Å². The number of carbonyl (C=O) groups is 1. The van der Waals surface area contributed by atoms with E-state index in [1.165, 1.54) is 6.07 Å². The van der Waals surface area contributed by atoms with Gasteiger partial charge in [0.2, 0.25) is 10.0 Å². The summed E-state index contributed by atoms with van der Waals surface area (Å²) in [4.78, 5) is 10.9. The van der Waals surface area contributed by atoms with Crippen LogP contribution in [0.25, 0.3) is 0 Å². The van der Waals surface area contributed by atoms with Crippen molar-refractivity contribution in [3.05, 3.63) is 16.5 Å². The minimum Gasteiger partial charge on any atom is -0.477 e. The van der Waals surface area contributed by atoms with Gasteiger partial charge in [0.25, 0.3) is 0 Å². The summed E-state index contributed by atoms with van der Waals surface area (Å²) in [5.74, 6) is -0.638. The maximum atomic E-state index is 11.9. The van der Waals surface area contributed by atoms with E-state index < -0.39 is 16.0 Å². The van der Waals surface area contributed by atoms with Gasteiger partial charge >= 0.3 is 5.97 Å². The van der Waals surface area contributed by atoms with E-state index in [4.69, 9.17) is 5.11 Å². The maximum Gasteiger partial charge on any atom is 0.346 e. The topological polar surface area (TPSA) is 83.5 Å². The van der Waals surface area contributed by atoms with Crippen molar-refractivity contribution in [2.75, 3.05) is 6.54 Å². The fourth-order valence-electron chi connectivity index (χ4n) is 1.42. The van der Waals surface area contributed by atoms with Gasteiger partial charge in [-0.2, -0.15) is 0 Å². The Hall–Kier alpha value is -0.920. The zero-order chi connectivity index (χ0) is 12.6. The molecule has 0 aliphatic heterocycles. The lowest BCUT2D eigenvalue weighted by Gasteiger charge is -2.02. The summed E-state index contributed by atoms with van der Waals surface area (Å²) in [6.45, 7) is 2.04. The van der Waals surface area contributed by atoms with Crippen molar-refractivity contribution in [3.63, 3.8) is 0 Å². The van der Waals surface area contributed by atoms with Crippen LogP contribution < -0.4 is 4.72 Å². The summed E-state index contributed by atoms with van der Waals surface area (Å²) in [5, 5.41) is 8.87. The second-order valence-corrected chi connectivity index (χ2v) is 7.22. The zero-order valence-corrected chi connectivity index (χ0v) is 10.9. The monoisotopic (exact) mass is 275 g/mol. The Morgan fingerprint density at radius 2 is 2.24 bits per heavy atom. The molecule has 1 heterocycles. The van der Waals surface area contributed by atoms with Crippen molar-refractivity contribution < 1.29 is 18.3 Å². The Bertz CT molecular complexity index is 543. The number of carboxylic acids is 1. The number of carboxylic acid groups (broad SMARTS) is 1. The Morgan fingerprint density at radius 1 is 1.59 bits per heavy atom. The van der Waals surface area contributed by atoms with E-state index in [1.54, 1.807) is 6.92 Å². The quantitative estimate of drug-likeness (QED) is 0.851. The first-order chi connectivity index (χ1) is 7.90. The molecule has 1 aliphatic rings. The van der Waals surface area contributed by atoms with Gasteiger partial charge in [0.1, 0.15) is 9.09 Å². The van der Waals surface area contributed by atoms with E-state index in [9.17, 15) is 13.2 Å². The molecule has 0 saturated heterocycles. The molecule has 17 heavy (non-hydrogen) atoms. The minimum atomic E-state index is -3.55. The molecule has 1 fully saturated rings. The minimum absolute atomic E-state index is 0.0769. The summed E-state index contributed by atoms with van der Waals surface area (Å²) in [7, 11) is -3.55. The molecule has 1 aromatic rings. The lowest BCUT2D eigenvalue weighted by atomic mass is 10.3. The maximum absolute atomic E-state index is 11.9. The highest BCUT2D eigenvalue weighted by Gasteiger charge is 2.26. The average molecular weight is 275 g/mol. The SMILES string of the molecule is Cc1cc(S(=O)(=O)NCC2CC2)sc1C(=O)O. The fourth-order valence-corrected chi connectivity index (χ4v) is 3.96. The van der Waals surface area contributed by atoms with Crippen molar-refractivity contribution in [3.8, 4) is 0 Å². The van der Waals surface area contributed by atoms with Crippen molar-refractivity contribution in [2.45, 2.75) is 24.0 Å². The van der Waals surface area contributed by atoms with Crippen LogP contribution in [0.15, 0.2) is 10.3 Å². The van der Waals surface area contributed by atoms with E-state index in [2.05, 4.69) is 4.72 Å². The molecule has 1 aliphatic carbocycles. The number of rotatable bonds is 5. The number of aromatic carboxylic acids is 1. The molecule has 0 radical (unpaired) electrons. The van der Waals surface area contributed by atoms with Gasteiger partial charge in [0.05, 0.1) is 0 Å².